The molecule has 2 aromatic rings. The summed E-state index contributed by atoms with van der Waals surface area (Å²) in [5.41, 5.74) is 8.53. The lowest BCUT2D eigenvalue weighted by Crippen LogP contribution is -2.46. The molecule has 1 aliphatic rings. The van der Waals surface area contributed by atoms with Gasteiger partial charge in [-0.1, -0.05) is 24.3 Å². The van der Waals surface area contributed by atoms with Crippen LogP contribution in [0.1, 0.15) is 17.3 Å². The van der Waals surface area contributed by atoms with Gasteiger partial charge in [-0.25, -0.2) is 0 Å². The molecule has 2 heterocycles. The number of aromatic nitrogens is 1. The van der Waals surface area contributed by atoms with Crippen LogP contribution in [0.3, 0.4) is 0 Å². The number of fused-ring (bicyclic) bond motifs is 1. The Labute approximate surface area is 119 Å². The Balaban J connectivity index is 1.75. The third-order valence-electron chi connectivity index (χ3n) is 3.81. The molecule has 4 heteroatoms. The summed E-state index contributed by atoms with van der Waals surface area (Å²) in [5.74, 6) is 0.905. The van der Waals surface area contributed by atoms with E-state index in [1.807, 2.05) is 48.7 Å². The zero-order chi connectivity index (χ0) is 13.9. The van der Waals surface area contributed by atoms with E-state index in [0.29, 0.717) is 6.61 Å². The third-order valence-corrected chi connectivity index (χ3v) is 3.81. The number of nitrogens with two attached hydrogens (primary N) is 1. The quantitative estimate of drug-likeness (QED) is 0.925. The Bertz CT molecular complexity index is 573. The van der Waals surface area contributed by atoms with Crippen LogP contribution in [0.5, 0.6) is 5.75 Å². The molecular formula is C16H19N3O. The normalized spacial score (nSPS) is 21.4. The van der Waals surface area contributed by atoms with E-state index in [4.69, 9.17) is 10.5 Å². The molecule has 0 radical (unpaired) electrons. The van der Waals surface area contributed by atoms with E-state index in [0.717, 1.165) is 23.6 Å². The minimum Gasteiger partial charge on any atom is -0.492 e. The zero-order valence-electron chi connectivity index (χ0n) is 11.6. The molecule has 1 aromatic heterocycles. The fourth-order valence-electron chi connectivity index (χ4n) is 2.64. The van der Waals surface area contributed by atoms with Crippen molar-refractivity contribution in [2.24, 2.45) is 5.73 Å². The highest BCUT2D eigenvalue weighted by Crippen LogP contribution is 2.32. The summed E-state index contributed by atoms with van der Waals surface area (Å²) in [6, 6.07) is 14.1. The first-order chi connectivity index (χ1) is 9.75. The summed E-state index contributed by atoms with van der Waals surface area (Å²) >= 11 is 0. The fourth-order valence-corrected chi connectivity index (χ4v) is 2.64. The second-order valence-electron chi connectivity index (χ2n) is 5.18. The second kappa shape index (κ2) is 5.61. The van der Waals surface area contributed by atoms with Crippen molar-refractivity contribution in [2.45, 2.75) is 18.6 Å². The smallest absolute Gasteiger partial charge is 0.124 e. The maximum Gasteiger partial charge on any atom is 0.124 e. The number of para-hydroxylation sites is 1. The lowest BCUT2D eigenvalue weighted by Gasteiger charge is -2.36. The SMILES string of the molecule is CN(Cc1ccccn1)C1COc2ccccc2C1N. The van der Waals surface area contributed by atoms with E-state index in [1.165, 1.54) is 0 Å². The largest absolute Gasteiger partial charge is 0.492 e. The van der Waals surface area contributed by atoms with E-state index in [1.54, 1.807) is 0 Å². The number of hydrogen-bond acceptors (Lipinski definition) is 4. The van der Waals surface area contributed by atoms with E-state index in [-0.39, 0.29) is 12.1 Å². The number of nitrogens with zero attached hydrogens (tertiary/aromatic N) is 2. The summed E-state index contributed by atoms with van der Waals surface area (Å²) in [4.78, 5) is 6.57. The molecule has 2 N–H and O–H groups in total. The number of ether oxygens (including phenoxy) is 1. The van der Waals surface area contributed by atoms with Crippen LogP contribution >= 0.6 is 0 Å². The van der Waals surface area contributed by atoms with Crippen LogP contribution in [-0.4, -0.2) is 29.6 Å². The van der Waals surface area contributed by atoms with Gasteiger partial charge in [-0.05, 0) is 25.2 Å². The van der Waals surface area contributed by atoms with Gasteiger partial charge in [-0.15, -0.1) is 0 Å². The lowest BCUT2D eigenvalue weighted by molar-refractivity contribution is 0.113. The molecule has 0 spiro atoms. The molecule has 0 amide bonds. The van der Waals surface area contributed by atoms with Crippen LogP contribution in [0.15, 0.2) is 48.7 Å². The van der Waals surface area contributed by atoms with Gasteiger partial charge in [-0.3, -0.25) is 9.88 Å². The standard InChI is InChI=1S/C16H19N3O/c1-19(10-12-6-4-5-9-18-12)14-11-20-15-8-3-2-7-13(15)16(14)17/h2-9,14,16H,10-11,17H2,1H3. The number of hydrogen-bond donors (Lipinski definition) is 1. The van der Waals surface area contributed by atoms with E-state index in [9.17, 15) is 0 Å². The van der Waals surface area contributed by atoms with Gasteiger partial charge >= 0.3 is 0 Å². The second-order valence-corrected chi connectivity index (χ2v) is 5.18. The molecule has 0 saturated carbocycles. The molecular weight excluding hydrogens is 250 g/mol. The van der Waals surface area contributed by atoms with Crippen LogP contribution in [0.2, 0.25) is 0 Å². The Kier molecular flexibility index (Phi) is 3.67. The van der Waals surface area contributed by atoms with Crippen LogP contribution in [0.25, 0.3) is 0 Å². The lowest BCUT2D eigenvalue weighted by atomic mass is 9.96. The molecule has 0 saturated heterocycles. The summed E-state index contributed by atoms with van der Waals surface area (Å²) in [6.07, 6.45) is 1.82. The van der Waals surface area contributed by atoms with E-state index < -0.39 is 0 Å². The van der Waals surface area contributed by atoms with Gasteiger partial charge in [0.1, 0.15) is 12.4 Å². The maximum atomic E-state index is 6.40. The van der Waals surface area contributed by atoms with Crippen molar-refractivity contribution >= 4 is 0 Å². The van der Waals surface area contributed by atoms with Gasteiger partial charge in [0.15, 0.2) is 0 Å². The van der Waals surface area contributed by atoms with Crippen LogP contribution in [0, 0.1) is 0 Å². The molecule has 2 atom stereocenters. The molecule has 4 nitrogen and oxygen atoms in total. The summed E-state index contributed by atoms with van der Waals surface area (Å²) < 4.78 is 5.82. The summed E-state index contributed by atoms with van der Waals surface area (Å²) in [7, 11) is 2.07. The van der Waals surface area contributed by atoms with Crippen LogP contribution in [-0.2, 0) is 6.54 Å². The molecule has 2 unspecified atom stereocenters. The Morgan fingerprint density at radius 2 is 2.05 bits per heavy atom. The molecule has 0 aliphatic carbocycles. The number of benzene rings is 1. The van der Waals surface area contributed by atoms with Gasteiger partial charge in [0.05, 0.1) is 17.8 Å². The zero-order valence-corrected chi connectivity index (χ0v) is 11.6. The van der Waals surface area contributed by atoms with Crippen LogP contribution in [0.4, 0.5) is 0 Å². The Hall–Kier alpha value is -1.91. The van der Waals surface area contributed by atoms with Gasteiger partial charge in [0, 0.05) is 18.3 Å². The highest BCUT2D eigenvalue weighted by atomic mass is 16.5. The van der Waals surface area contributed by atoms with Crippen molar-refractivity contribution in [1.82, 2.24) is 9.88 Å². The van der Waals surface area contributed by atoms with Crippen molar-refractivity contribution in [3.05, 3.63) is 59.9 Å². The number of rotatable bonds is 3. The van der Waals surface area contributed by atoms with Crippen LogP contribution < -0.4 is 10.5 Å². The third kappa shape index (κ3) is 2.53. The topological polar surface area (TPSA) is 51.4 Å². The average molecular weight is 269 g/mol. The number of pyridine rings is 1. The van der Waals surface area contributed by atoms with Crippen molar-refractivity contribution in [3.63, 3.8) is 0 Å². The molecule has 1 aliphatic heterocycles. The first-order valence-electron chi connectivity index (χ1n) is 6.83. The van der Waals surface area contributed by atoms with Crippen molar-refractivity contribution in [2.75, 3.05) is 13.7 Å². The molecule has 0 fully saturated rings. The maximum absolute atomic E-state index is 6.40. The van der Waals surface area contributed by atoms with Crippen molar-refractivity contribution in [1.29, 1.82) is 0 Å². The van der Waals surface area contributed by atoms with Gasteiger partial charge < -0.3 is 10.5 Å². The minimum atomic E-state index is -0.0336. The van der Waals surface area contributed by atoms with Gasteiger partial charge in [0.2, 0.25) is 0 Å². The monoisotopic (exact) mass is 269 g/mol. The molecule has 104 valence electrons. The highest BCUT2D eigenvalue weighted by molar-refractivity contribution is 5.38. The molecule has 1 aromatic carbocycles. The first-order valence-corrected chi connectivity index (χ1v) is 6.83. The Morgan fingerprint density at radius 1 is 1.25 bits per heavy atom. The Morgan fingerprint density at radius 3 is 2.85 bits per heavy atom. The van der Waals surface area contributed by atoms with E-state index in [2.05, 4.69) is 16.9 Å². The van der Waals surface area contributed by atoms with Gasteiger partial charge in [-0.2, -0.15) is 0 Å². The summed E-state index contributed by atoms with van der Waals surface area (Å²) in [6.45, 7) is 1.38. The number of likely N-dealkylation sites (N-methyl/N-ethyl adjacent to an activating group) is 1. The summed E-state index contributed by atoms with van der Waals surface area (Å²) in [5, 5.41) is 0. The first kappa shape index (κ1) is 13.1. The predicted octanol–water partition coefficient (Wildman–Crippen LogP) is 1.97. The molecule has 20 heavy (non-hydrogen) atoms. The van der Waals surface area contributed by atoms with Gasteiger partial charge in [0.25, 0.3) is 0 Å². The van der Waals surface area contributed by atoms with Crippen molar-refractivity contribution in [3.8, 4) is 5.75 Å². The fraction of sp³-hybridized carbons (Fsp3) is 0.312. The molecule has 0 bridgehead atoms. The van der Waals surface area contributed by atoms with Crippen molar-refractivity contribution < 1.29 is 4.74 Å². The predicted molar refractivity (Wildman–Crippen MR) is 78.4 cm³/mol. The highest BCUT2D eigenvalue weighted by Gasteiger charge is 2.30. The molecule has 3 rings (SSSR count). The van der Waals surface area contributed by atoms with E-state index >= 15 is 0 Å². The minimum absolute atomic E-state index is 0.0336. The average Bonchev–Trinajstić information content (AvgIpc) is 2.49.